The van der Waals surface area contributed by atoms with Crippen molar-refractivity contribution in [2.45, 2.75) is 32.0 Å². The van der Waals surface area contributed by atoms with Crippen LogP contribution in [0.4, 0.5) is 0 Å². The molecule has 5 heterocycles. The van der Waals surface area contributed by atoms with E-state index in [4.69, 9.17) is 0 Å². The summed E-state index contributed by atoms with van der Waals surface area (Å²) >= 11 is 0. The molecule has 24 heavy (non-hydrogen) atoms. The fourth-order valence-electron chi connectivity index (χ4n) is 4.98. The molecular formula is C19H23N3O2. The molecule has 0 saturated carbocycles. The number of aromatic nitrogens is 1. The summed E-state index contributed by atoms with van der Waals surface area (Å²) < 4.78 is 2.16. The van der Waals surface area contributed by atoms with E-state index in [0.717, 1.165) is 41.7 Å². The molecule has 1 amide bonds. The van der Waals surface area contributed by atoms with Gasteiger partial charge in [0.2, 0.25) is 0 Å². The zero-order chi connectivity index (χ0) is 16.3. The van der Waals surface area contributed by atoms with E-state index in [0.29, 0.717) is 12.0 Å². The van der Waals surface area contributed by atoms with Crippen molar-refractivity contribution in [2.24, 2.45) is 5.92 Å². The largest absolute Gasteiger partial charge is 0.392 e. The number of carbonyl (C=O) groups excluding carboxylic acids is 1. The molecule has 4 aliphatic heterocycles. The number of hydrogen-bond acceptors (Lipinski definition) is 3. The number of aliphatic hydroxyl groups excluding tert-OH is 1. The van der Waals surface area contributed by atoms with Gasteiger partial charge in [-0.15, -0.1) is 0 Å². The Morgan fingerprint density at radius 1 is 1.12 bits per heavy atom. The minimum Gasteiger partial charge on any atom is -0.392 e. The van der Waals surface area contributed by atoms with Crippen molar-refractivity contribution in [3.8, 4) is 0 Å². The summed E-state index contributed by atoms with van der Waals surface area (Å²) in [6.07, 6.45) is 4.46. The molecular weight excluding hydrogens is 302 g/mol. The second kappa shape index (κ2) is 5.33. The first-order chi connectivity index (χ1) is 11.8. The highest BCUT2D eigenvalue weighted by Crippen LogP contribution is 2.34. The van der Waals surface area contributed by atoms with Gasteiger partial charge >= 0.3 is 0 Å². The van der Waals surface area contributed by atoms with E-state index in [2.05, 4.69) is 14.4 Å². The number of aliphatic hydroxyl groups is 1. The van der Waals surface area contributed by atoms with E-state index >= 15 is 0 Å². The molecule has 1 aromatic heterocycles. The number of hydrogen-bond donors (Lipinski definition) is 1. The predicted octanol–water partition coefficient (Wildman–Crippen LogP) is 1.68. The fraction of sp³-hybridized carbons (Fsp3) is 0.526. The molecule has 1 N–H and O–H groups in total. The minimum atomic E-state index is 0.0184. The summed E-state index contributed by atoms with van der Waals surface area (Å²) in [6, 6.07) is 6.26. The molecule has 126 valence electrons. The lowest BCUT2D eigenvalue weighted by Gasteiger charge is -2.48. The van der Waals surface area contributed by atoms with Crippen molar-refractivity contribution in [3.63, 3.8) is 0 Å². The number of carbonyl (C=O) groups is 1. The number of nitrogens with zero attached hydrogens (tertiary/aromatic N) is 3. The zero-order valence-corrected chi connectivity index (χ0v) is 13.8. The maximum absolute atomic E-state index is 13.3. The Kier molecular flexibility index (Phi) is 3.22. The van der Waals surface area contributed by atoms with Crippen molar-refractivity contribution >= 4 is 16.8 Å². The van der Waals surface area contributed by atoms with Gasteiger partial charge in [0.1, 0.15) is 0 Å². The lowest BCUT2D eigenvalue weighted by molar-refractivity contribution is 0.00726. The van der Waals surface area contributed by atoms with Crippen LogP contribution in [0, 0.1) is 5.92 Å². The van der Waals surface area contributed by atoms with E-state index in [-0.39, 0.29) is 12.5 Å². The fourth-order valence-corrected chi connectivity index (χ4v) is 4.98. The molecule has 3 fully saturated rings. The molecule has 2 aromatic rings. The van der Waals surface area contributed by atoms with E-state index in [1.54, 1.807) is 0 Å². The van der Waals surface area contributed by atoms with E-state index in [1.807, 2.05) is 24.4 Å². The normalized spacial score (nSPS) is 29.3. The van der Waals surface area contributed by atoms with Gasteiger partial charge in [0.25, 0.3) is 5.91 Å². The van der Waals surface area contributed by atoms with Gasteiger partial charge < -0.3 is 19.5 Å². The maximum atomic E-state index is 13.3. The Labute approximate surface area is 141 Å². The second-order valence-corrected chi connectivity index (χ2v) is 7.41. The standard InChI is InChI=1S/C19H23N3O2/c23-12-14-10-21-8-9-22(17-11-20-6-4-13(17)5-7-20)19(24)16-3-1-2-15(14)18(16)21/h1-3,10,13,17,23H,4-9,11-12H2/t17-/m1/s1. The van der Waals surface area contributed by atoms with Crippen molar-refractivity contribution in [3.05, 3.63) is 35.5 Å². The van der Waals surface area contributed by atoms with Crippen LogP contribution in [0.3, 0.4) is 0 Å². The van der Waals surface area contributed by atoms with Crippen molar-refractivity contribution in [2.75, 3.05) is 26.2 Å². The highest BCUT2D eigenvalue weighted by molar-refractivity contribution is 6.07. The predicted molar refractivity (Wildman–Crippen MR) is 91.8 cm³/mol. The molecule has 5 nitrogen and oxygen atoms in total. The summed E-state index contributed by atoms with van der Waals surface area (Å²) in [5.74, 6) is 0.823. The molecule has 0 aliphatic carbocycles. The summed E-state index contributed by atoms with van der Waals surface area (Å²) in [7, 11) is 0. The van der Waals surface area contributed by atoms with Crippen molar-refractivity contribution < 1.29 is 9.90 Å². The lowest BCUT2D eigenvalue weighted by Crippen LogP contribution is -2.58. The first-order valence-electron chi connectivity index (χ1n) is 9.01. The third kappa shape index (κ3) is 1.98. The van der Waals surface area contributed by atoms with Gasteiger partial charge in [0.15, 0.2) is 0 Å². The molecule has 1 aromatic carbocycles. The van der Waals surface area contributed by atoms with E-state index in [9.17, 15) is 9.90 Å². The first-order valence-corrected chi connectivity index (χ1v) is 9.01. The Morgan fingerprint density at radius 3 is 2.67 bits per heavy atom. The van der Waals surface area contributed by atoms with Crippen LogP contribution in [0.25, 0.3) is 10.9 Å². The number of benzene rings is 1. The number of rotatable bonds is 2. The van der Waals surface area contributed by atoms with Crippen LogP contribution in [0.1, 0.15) is 28.8 Å². The van der Waals surface area contributed by atoms with Gasteiger partial charge in [-0.2, -0.15) is 0 Å². The third-order valence-corrected chi connectivity index (χ3v) is 6.25. The maximum Gasteiger partial charge on any atom is 0.256 e. The third-order valence-electron chi connectivity index (χ3n) is 6.25. The molecule has 0 spiro atoms. The number of para-hydroxylation sites is 1. The van der Waals surface area contributed by atoms with Gasteiger partial charge in [-0.1, -0.05) is 12.1 Å². The van der Waals surface area contributed by atoms with E-state index in [1.165, 1.54) is 25.9 Å². The molecule has 1 atom stereocenters. The Morgan fingerprint density at radius 2 is 1.96 bits per heavy atom. The van der Waals surface area contributed by atoms with Crippen molar-refractivity contribution in [1.29, 1.82) is 0 Å². The highest BCUT2D eigenvalue weighted by atomic mass is 16.3. The van der Waals surface area contributed by atoms with Crippen LogP contribution in [-0.2, 0) is 13.2 Å². The molecule has 4 aliphatic rings. The summed E-state index contributed by atoms with van der Waals surface area (Å²) in [5.41, 5.74) is 2.70. The van der Waals surface area contributed by atoms with Crippen molar-refractivity contribution in [1.82, 2.24) is 14.4 Å². The molecule has 0 unspecified atom stereocenters. The summed E-state index contributed by atoms with van der Waals surface area (Å²) in [6.45, 7) is 5.00. The Hall–Kier alpha value is -1.85. The van der Waals surface area contributed by atoms with Crippen LogP contribution >= 0.6 is 0 Å². The average molecular weight is 325 g/mol. The summed E-state index contributed by atoms with van der Waals surface area (Å²) in [5, 5.41) is 10.6. The van der Waals surface area contributed by atoms with Gasteiger partial charge in [-0.05, 0) is 37.9 Å². The van der Waals surface area contributed by atoms with Gasteiger partial charge in [-0.3, -0.25) is 4.79 Å². The first kappa shape index (κ1) is 14.5. The molecule has 6 rings (SSSR count). The molecule has 5 heteroatoms. The SMILES string of the molecule is O=C1c2cccc3c(CO)cn(c23)CCN1[C@@H]1CN2CCC1CC2. The molecule has 3 saturated heterocycles. The monoisotopic (exact) mass is 325 g/mol. The number of fused-ring (bicyclic) bond motifs is 3. The average Bonchev–Trinajstić information content (AvgIpc) is 2.93. The number of piperidine rings is 3. The molecule has 0 radical (unpaired) electrons. The zero-order valence-electron chi connectivity index (χ0n) is 13.8. The Balaban J connectivity index is 1.57. The van der Waals surface area contributed by atoms with Crippen LogP contribution in [-0.4, -0.2) is 57.6 Å². The molecule has 2 bridgehead atoms. The van der Waals surface area contributed by atoms with Gasteiger partial charge in [-0.25, -0.2) is 0 Å². The Bertz CT molecular complexity index is 804. The van der Waals surface area contributed by atoms with Crippen LogP contribution in [0.2, 0.25) is 0 Å². The topological polar surface area (TPSA) is 48.7 Å². The smallest absolute Gasteiger partial charge is 0.256 e. The van der Waals surface area contributed by atoms with Crippen LogP contribution in [0.15, 0.2) is 24.4 Å². The van der Waals surface area contributed by atoms with Crippen LogP contribution in [0.5, 0.6) is 0 Å². The number of amides is 1. The van der Waals surface area contributed by atoms with Gasteiger partial charge in [0, 0.05) is 42.8 Å². The van der Waals surface area contributed by atoms with E-state index < -0.39 is 0 Å². The van der Waals surface area contributed by atoms with Crippen LogP contribution < -0.4 is 0 Å². The summed E-state index contributed by atoms with van der Waals surface area (Å²) in [4.78, 5) is 18.0. The quantitative estimate of drug-likeness (QED) is 0.914. The lowest BCUT2D eigenvalue weighted by atomic mass is 9.83. The van der Waals surface area contributed by atoms with Gasteiger partial charge in [0.05, 0.1) is 17.7 Å². The second-order valence-electron chi connectivity index (χ2n) is 7.41. The highest BCUT2D eigenvalue weighted by Gasteiger charge is 2.40. The minimum absolute atomic E-state index is 0.0184.